The van der Waals surface area contributed by atoms with Crippen LogP contribution in [0.15, 0.2) is 12.2 Å². The smallest absolute Gasteiger partial charge is 0.427 e. The van der Waals surface area contributed by atoms with E-state index >= 15 is 0 Å². The molecule has 0 radical (unpaired) electrons. The predicted molar refractivity (Wildman–Crippen MR) is 47.0 cm³/mol. The Kier molecular flexibility index (Phi) is 3.25. The third-order valence-electron chi connectivity index (χ3n) is 1.81. The Balaban J connectivity index is 2.67. The number of rotatable bonds is 1. The van der Waals surface area contributed by atoms with Crippen LogP contribution in [0.1, 0.15) is 6.42 Å². The van der Waals surface area contributed by atoms with Crippen LogP contribution in [0.2, 0.25) is 5.82 Å². The fourth-order valence-corrected chi connectivity index (χ4v) is 2.05. The SMILES string of the molecule is OB(O)C1[C@H](Cl)CC=C[C@@H]1Cl. The van der Waals surface area contributed by atoms with Gasteiger partial charge >= 0.3 is 7.12 Å². The maximum atomic E-state index is 8.87. The summed E-state index contributed by atoms with van der Waals surface area (Å²) in [6, 6.07) is 0. The molecule has 1 unspecified atom stereocenters. The van der Waals surface area contributed by atoms with Crippen LogP contribution in [0.5, 0.6) is 0 Å². The maximum absolute atomic E-state index is 8.87. The van der Waals surface area contributed by atoms with Crippen molar-refractivity contribution in [2.75, 3.05) is 0 Å². The molecule has 2 nitrogen and oxygen atoms in total. The second kappa shape index (κ2) is 3.81. The van der Waals surface area contributed by atoms with Crippen LogP contribution in [-0.2, 0) is 0 Å². The fraction of sp³-hybridized carbons (Fsp3) is 0.667. The second-order valence-electron chi connectivity index (χ2n) is 2.62. The van der Waals surface area contributed by atoms with Crippen LogP contribution in [0.25, 0.3) is 0 Å². The van der Waals surface area contributed by atoms with Crippen LogP contribution in [-0.4, -0.2) is 27.9 Å². The van der Waals surface area contributed by atoms with E-state index in [-0.39, 0.29) is 10.8 Å². The lowest BCUT2D eigenvalue weighted by atomic mass is 9.66. The first-order chi connectivity index (χ1) is 5.13. The van der Waals surface area contributed by atoms with Gasteiger partial charge in [-0.3, -0.25) is 0 Å². The molecular formula is C6H9BCl2O2. The van der Waals surface area contributed by atoms with E-state index in [4.69, 9.17) is 33.2 Å². The number of halogens is 2. The molecule has 0 aromatic carbocycles. The average molecular weight is 195 g/mol. The molecule has 2 N–H and O–H groups in total. The molecule has 0 aromatic rings. The number of hydrogen-bond acceptors (Lipinski definition) is 2. The number of alkyl halides is 2. The quantitative estimate of drug-likeness (QED) is 0.372. The Labute approximate surface area is 76.0 Å². The summed E-state index contributed by atoms with van der Waals surface area (Å²) in [4.78, 5) is 0. The largest absolute Gasteiger partial charge is 0.458 e. The molecule has 1 rings (SSSR count). The monoisotopic (exact) mass is 194 g/mol. The van der Waals surface area contributed by atoms with Crippen LogP contribution in [0.4, 0.5) is 0 Å². The minimum Gasteiger partial charge on any atom is -0.427 e. The van der Waals surface area contributed by atoms with Gasteiger partial charge < -0.3 is 10.0 Å². The van der Waals surface area contributed by atoms with Gasteiger partial charge in [0.2, 0.25) is 0 Å². The first kappa shape index (κ1) is 9.39. The maximum Gasteiger partial charge on any atom is 0.458 e. The van der Waals surface area contributed by atoms with Crippen molar-refractivity contribution >= 4 is 30.3 Å². The highest BCUT2D eigenvalue weighted by molar-refractivity contribution is 6.48. The van der Waals surface area contributed by atoms with Gasteiger partial charge in [-0.15, -0.1) is 23.2 Å². The zero-order valence-corrected chi connectivity index (χ0v) is 7.33. The van der Waals surface area contributed by atoms with Crippen LogP contribution >= 0.6 is 23.2 Å². The molecule has 0 saturated heterocycles. The van der Waals surface area contributed by atoms with Crippen LogP contribution in [0, 0.1) is 0 Å². The van der Waals surface area contributed by atoms with Gasteiger partial charge in [-0.25, -0.2) is 0 Å². The lowest BCUT2D eigenvalue weighted by Crippen LogP contribution is -2.34. The molecule has 1 aliphatic rings. The molecule has 5 heteroatoms. The van der Waals surface area contributed by atoms with Gasteiger partial charge in [-0.2, -0.15) is 0 Å². The summed E-state index contributed by atoms with van der Waals surface area (Å²) < 4.78 is 0. The van der Waals surface area contributed by atoms with Gasteiger partial charge in [0, 0.05) is 11.2 Å². The van der Waals surface area contributed by atoms with Crippen molar-refractivity contribution in [2.45, 2.75) is 23.0 Å². The summed E-state index contributed by atoms with van der Waals surface area (Å²) in [5.41, 5.74) is 0. The van der Waals surface area contributed by atoms with Gasteiger partial charge in [0.25, 0.3) is 0 Å². The van der Waals surface area contributed by atoms with Crippen molar-refractivity contribution in [1.29, 1.82) is 0 Å². The lowest BCUT2D eigenvalue weighted by molar-refractivity contribution is 0.379. The first-order valence-corrected chi connectivity index (χ1v) is 4.31. The molecule has 0 bridgehead atoms. The zero-order chi connectivity index (χ0) is 8.43. The van der Waals surface area contributed by atoms with Crippen molar-refractivity contribution in [3.8, 4) is 0 Å². The molecule has 0 spiro atoms. The van der Waals surface area contributed by atoms with Crippen molar-refractivity contribution < 1.29 is 10.0 Å². The highest BCUT2D eigenvalue weighted by Crippen LogP contribution is 2.33. The van der Waals surface area contributed by atoms with Crippen LogP contribution < -0.4 is 0 Å². The van der Waals surface area contributed by atoms with Gasteiger partial charge in [0.1, 0.15) is 0 Å². The average Bonchev–Trinajstić information content (AvgIpc) is 1.85. The van der Waals surface area contributed by atoms with Gasteiger partial charge in [-0.05, 0) is 6.42 Å². The van der Waals surface area contributed by atoms with E-state index in [9.17, 15) is 0 Å². The van der Waals surface area contributed by atoms with E-state index in [0.29, 0.717) is 6.42 Å². The predicted octanol–water partition coefficient (Wildman–Crippen LogP) is 1.00. The van der Waals surface area contributed by atoms with E-state index in [1.165, 1.54) is 0 Å². The Bertz CT molecular complexity index is 163. The molecule has 3 atom stereocenters. The molecule has 0 saturated carbocycles. The summed E-state index contributed by atoms with van der Waals surface area (Å²) in [5.74, 6) is -0.455. The van der Waals surface area contributed by atoms with Crippen molar-refractivity contribution in [3.05, 3.63) is 12.2 Å². The minimum absolute atomic E-state index is 0.275. The summed E-state index contributed by atoms with van der Waals surface area (Å²) >= 11 is 11.6. The van der Waals surface area contributed by atoms with Crippen LogP contribution in [0.3, 0.4) is 0 Å². The van der Waals surface area contributed by atoms with Gasteiger partial charge in [0.15, 0.2) is 0 Å². The molecule has 62 valence electrons. The molecule has 11 heavy (non-hydrogen) atoms. The second-order valence-corrected chi connectivity index (χ2v) is 3.68. The van der Waals surface area contributed by atoms with Gasteiger partial charge in [-0.1, -0.05) is 12.2 Å². The van der Waals surface area contributed by atoms with Gasteiger partial charge in [0.05, 0.1) is 5.38 Å². The highest BCUT2D eigenvalue weighted by atomic mass is 35.5. The molecule has 0 fully saturated rings. The van der Waals surface area contributed by atoms with Crippen molar-refractivity contribution in [3.63, 3.8) is 0 Å². The fourth-order valence-electron chi connectivity index (χ4n) is 1.17. The Hall–Kier alpha value is 0.305. The standard InChI is InChI=1S/C6H9BCl2O2/c8-4-2-1-3-5(9)6(4)7(10)11/h1-2,4-6,10-11H,3H2/t4-,5+,6?/m0/s1. The Morgan fingerprint density at radius 2 is 2.00 bits per heavy atom. The molecule has 0 aromatic heterocycles. The van der Waals surface area contributed by atoms with E-state index in [2.05, 4.69) is 0 Å². The third kappa shape index (κ3) is 2.12. The summed E-state index contributed by atoms with van der Waals surface area (Å²) in [5, 5.41) is 17.1. The molecular weight excluding hydrogens is 186 g/mol. The van der Waals surface area contributed by atoms with E-state index < -0.39 is 12.9 Å². The molecule has 1 aliphatic carbocycles. The topological polar surface area (TPSA) is 40.5 Å². The first-order valence-electron chi connectivity index (χ1n) is 3.44. The number of allylic oxidation sites excluding steroid dienone is 2. The molecule has 0 amide bonds. The van der Waals surface area contributed by atoms with E-state index in [1.807, 2.05) is 6.08 Å². The summed E-state index contributed by atoms with van der Waals surface area (Å²) in [7, 11) is -1.43. The van der Waals surface area contributed by atoms with E-state index in [1.54, 1.807) is 6.08 Å². The van der Waals surface area contributed by atoms with Crippen molar-refractivity contribution in [1.82, 2.24) is 0 Å². The van der Waals surface area contributed by atoms with E-state index in [0.717, 1.165) is 0 Å². The molecule has 0 heterocycles. The normalized spacial score (nSPS) is 37.3. The summed E-state index contributed by atoms with van der Waals surface area (Å²) in [6.07, 6.45) is 4.24. The van der Waals surface area contributed by atoms with Crippen molar-refractivity contribution in [2.24, 2.45) is 0 Å². The zero-order valence-electron chi connectivity index (χ0n) is 5.82. The Morgan fingerprint density at radius 1 is 1.36 bits per heavy atom. The Morgan fingerprint density at radius 3 is 2.36 bits per heavy atom. The third-order valence-corrected chi connectivity index (χ3v) is 2.72. The minimum atomic E-state index is -1.43. The molecule has 0 aliphatic heterocycles. The highest BCUT2D eigenvalue weighted by Gasteiger charge is 2.36. The number of hydrogen-bond donors (Lipinski definition) is 2. The lowest BCUT2D eigenvalue weighted by Gasteiger charge is -2.26. The summed E-state index contributed by atoms with van der Waals surface area (Å²) in [6.45, 7) is 0.